The molecule has 2 aromatic carbocycles. The Kier molecular flexibility index (Phi) is 6.19. The van der Waals surface area contributed by atoms with Crippen LogP contribution in [-0.2, 0) is 12.8 Å². The second-order valence-electron chi connectivity index (χ2n) is 6.38. The summed E-state index contributed by atoms with van der Waals surface area (Å²) in [5.74, 6) is 1.36. The van der Waals surface area contributed by atoms with Crippen LogP contribution < -0.4 is 5.32 Å². The molecule has 0 saturated heterocycles. The van der Waals surface area contributed by atoms with Crippen molar-refractivity contribution in [3.8, 4) is 0 Å². The lowest BCUT2D eigenvalue weighted by Gasteiger charge is -2.13. The van der Waals surface area contributed by atoms with Crippen LogP contribution in [0.1, 0.15) is 40.3 Å². The van der Waals surface area contributed by atoms with Crippen LogP contribution in [0.25, 0.3) is 0 Å². The molecule has 140 valence electrons. The molecule has 27 heavy (non-hydrogen) atoms. The number of hydrogen-bond donors (Lipinski definition) is 1. The average Bonchev–Trinajstić information content (AvgIpc) is 3.02. The molecule has 1 atom stereocenters. The molecule has 5 nitrogen and oxygen atoms in total. The topological polar surface area (TPSA) is 59.8 Å². The summed E-state index contributed by atoms with van der Waals surface area (Å²) in [6.07, 6.45) is 0. The van der Waals surface area contributed by atoms with Crippen molar-refractivity contribution < 1.29 is 4.79 Å². The number of hydrogen-bond acceptors (Lipinski definition) is 4. The second kappa shape index (κ2) is 8.59. The molecule has 3 aromatic rings. The number of halogens is 1. The van der Waals surface area contributed by atoms with Crippen molar-refractivity contribution in [2.24, 2.45) is 7.05 Å². The minimum absolute atomic E-state index is 0.124. The Hall–Kier alpha value is -2.31. The number of nitrogens with one attached hydrogen (secondary N) is 1. The number of benzene rings is 2. The van der Waals surface area contributed by atoms with Gasteiger partial charge in [-0.3, -0.25) is 4.79 Å². The lowest BCUT2D eigenvalue weighted by Crippen LogP contribution is -2.28. The fourth-order valence-corrected chi connectivity index (χ4v) is 3.61. The van der Waals surface area contributed by atoms with E-state index in [0.29, 0.717) is 11.4 Å². The molecule has 0 aliphatic heterocycles. The van der Waals surface area contributed by atoms with Gasteiger partial charge >= 0.3 is 0 Å². The number of rotatable bonds is 6. The van der Waals surface area contributed by atoms with Crippen LogP contribution >= 0.6 is 23.4 Å². The fraction of sp³-hybridized carbons (Fsp3) is 0.250. The quantitative estimate of drug-likeness (QED) is 0.616. The van der Waals surface area contributed by atoms with Gasteiger partial charge in [0.15, 0.2) is 11.0 Å². The molecule has 0 aliphatic carbocycles. The highest BCUT2D eigenvalue weighted by molar-refractivity contribution is 7.98. The largest absolute Gasteiger partial charge is 0.342 e. The van der Waals surface area contributed by atoms with E-state index in [1.807, 2.05) is 74.0 Å². The minimum atomic E-state index is -0.249. The first-order valence-corrected chi connectivity index (χ1v) is 9.94. The van der Waals surface area contributed by atoms with E-state index >= 15 is 0 Å². The summed E-state index contributed by atoms with van der Waals surface area (Å²) in [7, 11) is 1.91. The van der Waals surface area contributed by atoms with Gasteiger partial charge in [0.05, 0.1) is 6.04 Å². The molecular weight excluding hydrogens is 380 g/mol. The number of thioether (sulfide) groups is 1. The Morgan fingerprint density at radius 1 is 1.15 bits per heavy atom. The molecule has 0 spiro atoms. The third kappa shape index (κ3) is 4.90. The van der Waals surface area contributed by atoms with Crippen LogP contribution in [0.4, 0.5) is 0 Å². The third-order valence-corrected chi connectivity index (χ3v) is 5.54. The maximum Gasteiger partial charge on any atom is 0.251 e. The van der Waals surface area contributed by atoms with Gasteiger partial charge < -0.3 is 9.88 Å². The Balaban J connectivity index is 1.64. The van der Waals surface area contributed by atoms with Crippen LogP contribution in [0, 0.1) is 6.92 Å². The van der Waals surface area contributed by atoms with Gasteiger partial charge in [-0.05, 0) is 43.7 Å². The van der Waals surface area contributed by atoms with Gasteiger partial charge in [-0.15, -0.1) is 10.2 Å². The van der Waals surface area contributed by atoms with Crippen molar-refractivity contribution in [2.75, 3.05) is 0 Å². The van der Waals surface area contributed by atoms with Crippen molar-refractivity contribution in [1.82, 2.24) is 20.1 Å². The molecule has 0 aliphatic rings. The van der Waals surface area contributed by atoms with Gasteiger partial charge in [0.2, 0.25) is 0 Å². The van der Waals surface area contributed by atoms with Crippen LogP contribution in [0.15, 0.2) is 53.7 Å². The van der Waals surface area contributed by atoms with Crippen molar-refractivity contribution in [1.29, 1.82) is 0 Å². The van der Waals surface area contributed by atoms with E-state index in [1.54, 1.807) is 11.8 Å². The summed E-state index contributed by atoms with van der Waals surface area (Å²) >= 11 is 7.51. The number of carbonyl (C=O) groups is 1. The molecule has 7 heteroatoms. The standard InChI is InChI=1S/C20H21ClN4OS/c1-13-4-8-16(9-5-13)19(26)22-14(2)18-23-24-20(25(18)3)27-12-15-6-10-17(21)11-7-15/h4-11,14H,12H2,1-3H3,(H,22,26)/t14-/m0/s1. The number of nitrogens with zero attached hydrogens (tertiary/aromatic N) is 3. The maximum absolute atomic E-state index is 12.4. The average molecular weight is 401 g/mol. The number of aromatic nitrogens is 3. The molecular formula is C20H21ClN4OS. The third-order valence-electron chi connectivity index (χ3n) is 4.20. The van der Waals surface area contributed by atoms with E-state index in [-0.39, 0.29) is 11.9 Å². The van der Waals surface area contributed by atoms with Gasteiger partial charge in [-0.25, -0.2) is 0 Å². The van der Waals surface area contributed by atoms with Crippen molar-refractivity contribution in [3.05, 3.63) is 76.1 Å². The van der Waals surface area contributed by atoms with Gasteiger partial charge in [0.25, 0.3) is 5.91 Å². The number of carbonyl (C=O) groups excluding carboxylic acids is 1. The van der Waals surface area contributed by atoms with Gasteiger partial charge in [-0.2, -0.15) is 0 Å². The van der Waals surface area contributed by atoms with E-state index in [1.165, 1.54) is 0 Å². The van der Waals surface area contributed by atoms with E-state index in [2.05, 4.69) is 15.5 Å². The second-order valence-corrected chi connectivity index (χ2v) is 7.76. The Morgan fingerprint density at radius 2 is 1.81 bits per heavy atom. The van der Waals surface area contributed by atoms with Crippen molar-refractivity contribution in [3.63, 3.8) is 0 Å². The zero-order chi connectivity index (χ0) is 19.4. The first kappa shape index (κ1) is 19.5. The molecule has 1 heterocycles. The highest BCUT2D eigenvalue weighted by Crippen LogP contribution is 2.23. The van der Waals surface area contributed by atoms with Crippen molar-refractivity contribution >= 4 is 29.3 Å². The predicted octanol–water partition coefficient (Wildman–Crippen LogP) is 4.56. The van der Waals surface area contributed by atoms with Crippen LogP contribution in [-0.4, -0.2) is 20.7 Å². The molecule has 0 bridgehead atoms. The molecule has 0 fully saturated rings. The Labute approximate surface area is 168 Å². The fourth-order valence-electron chi connectivity index (χ4n) is 2.61. The molecule has 1 aromatic heterocycles. The molecule has 3 rings (SSSR count). The lowest BCUT2D eigenvalue weighted by molar-refractivity contribution is 0.0937. The Morgan fingerprint density at radius 3 is 2.48 bits per heavy atom. The lowest BCUT2D eigenvalue weighted by atomic mass is 10.1. The van der Waals surface area contributed by atoms with Crippen LogP contribution in [0.3, 0.4) is 0 Å². The molecule has 1 amide bonds. The molecule has 0 unspecified atom stereocenters. The summed E-state index contributed by atoms with van der Waals surface area (Å²) in [6.45, 7) is 3.90. The summed E-state index contributed by atoms with van der Waals surface area (Å²) in [4.78, 5) is 12.4. The van der Waals surface area contributed by atoms with Gasteiger partial charge in [-0.1, -0.05) is 53.2 Å². The first-order chi connectivity index (χ1) is 12.9. The zero-order valence-corrected chi connectivity index (χ0v) is 17.0. The maximum atomic E-state index is 12.4. The minimum Gasteiger partial charge on any atom is -0.342 e. The van der Waals surface area contributed by atoms with Crippen LogP contribution in [0.5, 0.6) is 0 Å². The SMILES string of the molecule is Cc1ccc(C(=O)N[C@@H](C)c2nnc(SCc3ccc(Cl)cc3)n2C)cc1. The number of aryl methyl sites for hydroxylation is 1. The van der Waals surface area contributed by atoms with E-state index in [4.69, 9.17) is 11.6 Å². The van der Waals surface area contributed by atoms with Crippen LogP contribution in [0.2, 0.25) is 5.02 Å². The highest BCUT2D eigenvalue weighted by Gasteiger charge is 2.18. The van der Waals surface area contributed by atoms with E-state index in [0.717, 1.165) is 27.1 Å². The zero-order valence-electron chi connectivity index (χ0n) is 15.4. The molecule has 0 saturated carbocycles. The summed E-state index contributed by atoms with van der Waals surface area (Å²) in [6, 6.07) is 15.0. The normalized spacial score (nSPS) is 12.0. The monoisotopic (exact) mass is 400 g/mol. The number of amides is 1. The summed E-state index contributed by atoms with van der Waals surface area (Å²) in [5, 5.41) is 13.0. The highest BCUT2D eigenvalue weighted by atomic mass is 35.5. The Bertz CT molecular complexity index is 922. The first-order valence-electron chi connectivity index (χ1n) is 8.58. The molecule has 1 N–H and O–H groups in total. The predicted molar refractivity (Wildman–Crippen MR) is 109 cm³/mol. The van der Waals surface area contributed by atoms with Gasteiger partial charge in [0.1, 0.15) is 0 Å². The molecule has 0 radical (unpaired) electrons. The van der Waals surface area contributed by atoms with E-state index in [9.17, 15) is 4.79 Å². The summed E-state index contributed by atoms with van der Waals surface area (Å²) in [5.41, 5.74) is 2.91. The van der Waals surface area contributed by atoms with Gasteiger partial charge in [0, 0.05) is 23.4 Å². The smallest absolute Gasteiger partial charge is 0.251 e. The van der Waals surface area contributed by atoms with Crippen molar-refractivity contribution in [2.45, 2.75) is 30.8 Å². The summed E-state index contributed by atoms with van der Waals surface area (Å²) < 4.78 is 1.92. The van der Waals surface area contributed by atoms with E-state index < -0.39 is 0 Å².